The van der Waals surface area contributed by atoms with Crippen molar-refractivity contribution in [1.82, 2.24) is 9.97 Å². The fraction of sp³-hybridized carbons (Fsp3) is 0.190. The summed E-state index contributed by atoms with van der Waals surface area (Å²) < 4.78 is 16.0. The van der Waals surface area contributed by atoms with Crippen molar-refractivity contribution >= 4 is 16.9 Å². The van der Waals surface area contributed by atoms with Crippen molar-refractivity contribution in [1.29, 1.82) is 0 Å². The van der Waals surface area contributed by atoms with Crippen molar-refractivity contribution in [3.05, 3.63) is 81.7 Å². The molecule has 1 aromatic carbocycles. The Hall–Kier alpha value is -3.65. The van der Waals surface area contributed by atoms with Gasteiger partial charge in [-0.25, -0.2) is 4.79 Å². The number of methoxy groups -OCH3 is 1. The Morgan fingerprint density at radius 3 is 2.72 bits per heavy atom. The highest BCUT2D eigenvalue weighted by Crippen LogP contribution is 2.43. The third-order valence-electron chi connectivity index (χ3n) is 4.74. The molecule has 1 aliphatic heterocycles. The number of aromatic nitrogens is 2. The minimum absolute atomic E-state index is 0.0517. The molecule has 0 spiro atoms. The van der Waals surface area contributed by atoms with Gasteiger partial charge in [0.25, 0.3) is 5.56 Å². The number of esters is 1. The molecule has 1 aliphatic rings. The molecule has 2 aromatic heterocycles. The summed E-state index contributed by atoms with van der Waals surface area (Å²) in [6.45, 7) is 0.289. The van der Waals surface area contributed by atoms with Crippen molar-refractivity contribution in [3.63, 3.8) is 0 Å². The summed E-state index contributed by atoms with van der Waals surface area (Å²) in [7, 11) is 1.51. The van der Waals surface area contributed by atoms with Crippen LogP contribution in [0.5, 0.6) is 5.75 Å². The average molecular weight is 393 g/mol. The predicted molar refractivity (Wildman–Crippen MR) is 105 cm³/mol. The Labute approximate surface area is 165 Å². The van der Waals surface area contributed by atoms with Gasteiger partial charge in [0.2, 0.25) is 5.88 Å². The van der Waals surface area contributed by atoms with Crippen LogP contribution in [0.3, 0.4) is 0 Å². The summed E-state index contributed by atoms with van der Waals surface area (Å²) in [5, 5.41) is 0.691. The summed E-state index contributed by atoms with van der Waals surface area (Å²) in [6, 6.07) is 10.7. The van der Waals surface area contributed by atoms with Crippen LogP contribution < -0.4 is 16.0 Å². The van der Waals surface area contributed by atoms with E-state index in [1.807, 2.05) is 18.2 Å². The zero-order valence-electron chi connectivity index (χ0n) is 15.7. The zero-order chi connectivity index (χ0) is 20.4. The maximum Gasteiger partial charge on any atom is 0.340 e. The number of hydrogen-bond acceptors (Lipinski definition) is 7. The number of benzene rings is 1. The van der Waals surface area contributed by atoms with Gasteiger partial charge >= 0.3 is 5.97 Å². The molecule has 4 rings (SSSR count). The van der Waals surface area contributed by atoms with Gasteiger partial charge in [0.05, 0.1) is 23.6 Å². The molecule has 1 unspecified atom stereocenters. The number of ether oxygens (including phenoxy) is 3. The van der Waals surface area contributed by atoms with Crippen LogP contribution in [0.4, 0.5) is 0 Å². The van der Waals surface area contributed by atoms with Crippen LogP contribution in [-0.2, 0) is 14.3 Å². The number of fused-ring (bicyclic) bond motifs is 3. The van der Waals surface area contributed by atoms with Crippen molar-refractivity contribution in [2.75, 3.05) is 20.3 Å². The second-order valence-corrected chi connectivity index (χ2v) is 6.46. The summed E-state index contributed by atoms with van der Waals surface area (Å²) in [5.41, 5.74) is 7.45. The van der Waals surface area contributed by atoms with Crippen LogP contribution in [0.25, 0.3) is 10.9 Å². The van der Waals surface area contributed by atoms with Crippen LogP contribution in [-0.4, -0.2) is 36.3 Å². The second kappa shape index (κ2) is 7.76. The number of para-hydroxylation sites is 1. The molecule has 3 heterocycles. The van der Waals surface area contributed by atoms with E-state index < -0.39 is 11.9 Å². The number of nitrogens with zero attached hydrogens (tertiary/aromatic N) is 1. The van der Waals surface area contributed by atoms with E-state index in [1.165, 1.54) is 7.11 Å². The first-order valence-corrected chi connectivity index (χ1v) is 9.00. The van der Waals surface area contributed by atoms with E-state index >= 15 is 0 Å². The molecule has 0 fully saturated rings. The number of pyridine rings is 2. The third-order valence-corrected chi connectivity index (χ3v) is 4.74. The van der Waals surface area contributed by atoms with E-state index in [9.17, 15) is 9.59 Å². The Morgan fingerprint density at radius 1 is 1.21 bits per heavy atom. The molecule has 29 heavy (non-hydrogen) atoms. The van der Waals surface area contributed by atoms with E-state index in [-0.39, 0.29) is 30.2 Å². The summed E-state index contributed by atoms with van der Waals surface area (Å²) in [6.07, 6.45) is 3.17. The van der Waals surface area contributed by atoms with Crippen molar-refractivity contribution < 1.29 is 19.0 Å². The van der Waals surface area contributed by atoms with E-state index in [2.05, 4.69) is 9.97 Å². The Morgan fingerprint density at radius 2 is 1.97 bits per heavy atom. The molecule has 0 saturated carbocycles. The highest BCUT2D eigenvalue weighted by atomic mass is 16.6. The normalized spacial score (nSPS) is 15.7. The van der Waals surface area contributed by atoms with E-state index in [4.69, 9.17) is 19.9 Å². The first kappa shape index (κ1) is 18.7. The lowest BCUT2D eigenvalue weighted by Crippen LogP contribution is -2.32. The van der Waals surface area contributed by atoms with Crippen LogP contribution in [0.2, 0.25) is 0 Å². The molecule has 8 heteroatoms. The van der Waals surface area contributed by atoms with Crippen LogP contribution in [0, 0.1) is 0 Å². The standard InChI is InChI=1S/C21H19N3O5/c1-27-10-11-28-21(26)17-15(12-6-8-23-9-7-12)16-18(29-19(17)22)13-4-2-3-5-14(13)24-20(16)25/h2-9,15H,10-11,22H2,1H3,(H,24,25). The van der Waals surface area contributed by atoms with Gasteiger partial charge in [-0.2, -0.15) is 0 Å². The third kappa shape index (κ3) is 3.34. The van der Waals surface area contributed by atoms with Gasteiger partial charge in [-0.15, -0.1) is 0 Å². The minimum Gasteiger partial charge on any atom is -0.460 e. The predicted octanol–water partition coefficient (Wildman–Crippen LogP) is 1.81. The smallest absolute Gasteiger partial charge is 0.340 e. The van der Waals surface area contributed by atoms with Gasteiger partial charge in [-0.05, 0) is 29.8 Å². The number of nitrogens with two attached hydrogens (primary N) is 1. The molecule has 0 radical (unpaired) electrons. The molecule has 148 valence electrons. The van der Waals surface area contributed by atoms with Gasteiger partial charge in [0.15, 0.2) is 0 Å². The number of aromatic amines is 1. The van der Waals surface area contributed by atoms with Gasteiger partial charge in [-0.3, -0.25) is 9.78 Å². The van der Waals surface area contributed by atoms with E-state index in [0.717, 1.165) is 0 Å². The highest BCUT2D eigenvalue weighted by molar-refractivity contribution is 5.95. The first-order valence-electron chi connectivity index (χ1n) is 9.00. The number of nitrogens with one attached hydrogen (secondary N) is 1. The molecule has 3 N–H and O–H groups in total. The molecular formula is C21H19N3O5. The van der Waals surface area contributed by atoms with Gasteiger partial charge in [-0.1, -0.05) is 12.1 Å². The van der Waals surface area contributed by atoms with Crippen molar-refractivity contribution in [2.24, 2.45) is 5.73 Å². The largest absolute Gasteiger partial charge is 0.460 e. The highest BCUT2D eigenvalue weighted by Gasteiger charge is 2.38. The molecule has 0 bridgehead atoms. The zero-order valence-corrected chi connectivity index (χ0v) is 15.7. The Kier molecular flexibility index (Phi) is 5.01. The summed E-state index contributed by atoms with van der Waals surface area (Å²) in [5.74, 6) is -1.20. The molecule has 8 nitrogen and oxygen atoms in total. The monoisotopic (exact) mass is 393 g/mol. The molecule has 0 saturated heterocycles. The fourth-order valence-corrected chi connectivity index (χ4v) is 3.45. The van der Waals surface area contributed by atoms with E-state index in [1.54, 1.807) is 30.6 Å². The van der Waals surface area contributed by atoms with Crippen LogP contribution in [0.1, 0.15) is 17.0 Å². The lowest BCUT2D eigenvalue weighted by atomic mass is 9.83. The number of carbonyl (C=O) groups excluding carboxylic acids is 1. The van der Waals surface area contributed by atoms with Crippen LogP contribution >= 0.6 is 0 Å². The second-order valence-electron chi connectivity index (χ2n) is 6.46. The van der Waals surface area contributed by atoms with Crippen LogP contribution in [0.15, 0.2) is 65.0 Å². The maximum atomic E-state index is 13.0. The summed E-state index contributed by atoms with van der Waals surface area (Å²) in [4.78, 5) is 32.7. The van der Waals surface area contributed by atoms with Gasteiger partial charge < -0.3 is 24.9 Å². The number of hydrogen-bond donors (Lipinski definition) is 2. The van der Waals surface area contributed by atoms with Gasteiger partial charge in [0, 0.05) is 24.9 Å². The maximum absolute atomic E-state index is 13.0. The Bertz CT molecular complexity index is 1150. The lowest BCUT2D eigenvalue weighted by Gasteiger charge is -2.28. The minimum atomic E-state index is -0.759. The number of rotatable bonds is 5. The number of H-pyrrole nitrogens is 1. The Balaban J connectivity index is 1.93. The number of carbonyl (C=O) groups is 1. The van der Waals surface area contributed by atoms with Crippen molar-refractivity contribution in [2.45, 2.75) is 5.92 Å². The SMILES string of the molecule is COCCOC(=O)C1=C(N)Oc2c(c(=O)[nH]c3ccccc23)C1c1ccncc1. The quantitative estimate of drug-likeness (QED) is 0.501. The summed E-state index contributed by atoms with van der Waals surface area (Å²) >= 11 is 0. The average Bonchev–Trinajstić information content (AvgIpc) is 2.73. The fourth-order valence-electron chi connectivity index (χ4n) is 3.45. The van der Waals surface area contributed by atoms with E-state index in [0.29, 0.717) is 27.8 Å². The molecule has 0 aliphatic carbocycles. The lowest BCUT2D eigenvalue weighted by molar-refractivity contribution is -0.140. The molecule has 0 amide bonds. The molecule has 1 atom stereocenters. The molecule has 3 aromatic rings. The first-order chi connectivity index (χ1) is 14.1. The van der Waals surface area contributed by atoms with Crippen molar-refractivity contribution in [3.8, 4) is 5.75 Å². The molecular weight excluding hydrogens is 374 g/mol. The topological polar surface area (TPSA) is 117 Å². The van der Waals surface area contributed by atoms with Gasteiger partial charge in [0.1, 0.15) is 17.9 Å².